The fourth-order valence-corrected chi connectivity index (χ4v) is 3.87. The lowest BCUT2D eigenvalue weighted by Gasteiger charge is -2.32. The normalized spacial score (nSPS) is 16.2. The molecule has 8 heteroatoms. The quantitative estimate of drug-likeness (QED) is 0.684. The van der Waals surface area contributed by atoms with Gasteiger partial charge in [-0.05, 0) is 63.1 Å². The zero-order valence-corrected chi connectivity index (χ0v) is 17.4. The zero-order chi connectivity index (χ0) is 22.0. The lowest BCUT2D eigenvalue weighted by atomic mass is 9.93. The summed E-state index contributed by atoms with van der Waals surface area (Å²) in [6, 6.07) is 9.12. The van der Waals surface area contributed by atoms with Crippen LogP contribution in [0.25, 0.3) is 0 Å². The Hall–Kier alpha value is -3.55. The van der Waals surface area contributed by atoms with Gasteiger partial charge in [0.15, 0.2) is 0 Å². The van der Waals surface area contributed by atoms with E-state index < -0.39 is 0 Å². The molecule has 4 rings (SSSR count). The van der Waals surface area contributed by atoms with Gasteiger partial charge in [0.1, 0.15) is 17.1 Å². The Bertz CT molecular complexity index is 1070. The number of aromatic nitrogens is 2. The molecule has 3 aromatic rings. The number of rotatable bonds is 4. The second kappa shape index (κ2) is 8.67. The molecule has 0 bridgehead atoms. The predicted octanol–water partition coefficient (Wildman–Crippen LogP) is 4.10. The molecule has 0 radical (unpaired) electrons. The van der Waals surface area contributed by atoms with Crippen LogP contribution < -0.4 is 5.32 Å². The van der Waals surface area contributed by atoms with Gasteiger partial charge in [-0.3, -0.25) is 14.6 Å². The number of piperidine rings is 1. The molecule has 7 nitrogen and oxygen atoms in total. The van der Waals surface area contributed by atoms with Crippen LogP contribution in [0.4, 0.5) is 10.1 Å². The van der Waals surface area contributed by atoms with Crippen molar-refractivity contribution in [2.24, 2.45) is 0 Å². The Morgan fingerprint density at radius 2 is 1.94 bits per heavy atom. The number of nitrogens with one attached hydrogen (secondary N) is 1. The number of carbonyl (C=O) groups excluding carboxylic acids is 2. The first-order valence-electron chi connectivity index (χ1n) is 10.2. The molecule has 1 N–H and O–H groups in total. The molecule has 1 aliphatic rings. The van der Waals surface area contributed by atoms with Crippen molar-refractivity contribution in [1.82, 2.24) is 15.0 Å². The molecule has 1 atom stereocenters. The highest BCUT2D eigenvalue weighted by atomic mass is 19.1. The summed E-state index contributed by atoms with van der Waals surface area (Å²) in [5, 5.41) is 6.60. The van der Waals surface area contributed by atoms with Crippen molar-refractivity contribution in [3.05, 3.63) is 76.7 Å². The van der Waals surface area contributed by atoms with Crippen LogP contribution in [0.5, 0.6) is 0 Å². The van der Waals surface area contributed by atoms with Crippen molar-refractivity contribution in [3.63, 3.8) is 0 Å². The minimum absolute atomic E-state index is 0.0729. The lowest BCUT2D eigenvalue weighted by Crippen LogP contribution is -2.39. The Labute approximate surface area is 179 Å². The maximum Gasteiger partial charge on any atom is 0.259 e. The number of pyridine rings is 1. The number of benzene rings is 1. The highest BCUT2D eigenvalue weighted by molar-refractivity contribution is 6.04. The highest BCUT2D eigenvalue weighted by Gasteiger charge is 2.29. The van der Waals surface area contributed by atoms with E-state index in [1.165, 1.54) is 30.5 Å². The Morgan fingerprint density at radius 1 is 1.16 bits per heavy atom. The smallest absolute Gasteiger partial charge is 0.259 e. The van der Waals surface area contributed by atoms with E-state index in [1.807, 2.05) is 11.0 Å². The van der Waals surface area contributed by atoms with Crippen LogP contribution in [0.1, 0.15) is 56.6 Å². The van der Waals surface area contributed by atoms with Crippen LogP contribution in [0, 0.1) is 19.7 Å². The number of hydrogen-bond donors (Lipinski definition) is 1. The van der Waals surface area contributed by atoms with E-state index in [9.17, 15) is 14.0 Å². The number of nitrogens with zero attached hydrogens (tertiary/aromatic N) is 3. The van der Waals surface area contributed by atoms with E-state index in [0.29, 0.717) is 41.4 Å². The molecular weight excluding hydrogens is 399 g/mol. The van der Waals surface area contributed by atoms with E-state index in [2.05, 4.69) is 15.5 Å². The monoisotopic (exact) mass is 422 g/mol. The van der Waals surface area contributed by atoms with Crippen LogP contribution in [0.15, 0.2) is 47.1 Å². The van der Waals surface area contributed by atoms with Crippen molar-refractivity contribution in [3.8, 4) is 0 Å². The Kier molecular flexibility index (Phi) is 5.79. The summed E-state index contributed by atoms with van der Waals surface area (Å²) in [4.78, 5) is 31.7. The predicted molar refractivity (Wildman–Crippen MR) is 112 cm³/mol. The number of likely N-dealkylation sites (tertiary alicyclic amines) is 1. The third kappa shape index (κ3) is 4.47. The minimum Gasteiger partial charge on any atom is -0.361 e. The third-order valence-corrected chi connectivity index (χ3v) is 5.52. The molecule has 0 unspecified atom stereocenters. The molecule has 1 saturated heterocycles. The summed E-state index contributed by atoms with van der Waals surface area (Å²) in [6.07, 6.45) is 3.32. The van der Waals surface area contributed by atoms with Crippen LogP contribution in [-0.2, 0) is 0 Å². The maximum absolute atomic E-state index is 13.0. The molecule has 1 fully saturated rings. The van der Waals surface area contributed by atoms with Gasteiger partial charge in [0.2, 0.25) is 0 Å². The van der Waals surface area contributed by atoms with Gasteiger partial charge in [-0.1, -0.05) is 5.16 Å². The Morgan fingerprint density at radius 3 is 2.58 bits per heavy atom. The summed E-state index contributed by atoms with van der Waals surface area (Å²) in [5.41, 5.74) is 2.89. The number of amides is 2. The summed E-state index contributed by atoms with van der Waals surface area (Å²) in [7, 11) is 0. The van der Waals surface area contributed by atoms with Crippen molar-refractivity contribution >= 4 is 17.5 Å². The lowest BCUT2D eigenvalue weighted by molar-refractivity contribution is 0.0703. The van der Waals surface area contributed by atoms with Crippen LogP contribution >= 0.6 is 0 Å². The largest absolute Gasteiger partial charge is 0.361 e. The molecule has 3 heterocycles. The molecule has 2 amide bonds. The number of carbonyl (C=O) groups is 2. The summed E-state index contributed by atoms with van der Waals surface area (Å²) >= 11 is 0. The third-order valence-electron chi connectivity index (χ3n) is 5.52. The van der Waals surface area contributed by atoms with Gasteiger partial charge < -0.3 is 14.7 Å². The number of hydrogen-bond acceptors (Lipinski definition) is 5. The fraction of sp³-hybridized carbons (Fsp3) is 0.304. The van der Waals surface area contributed by atoms with Gasteiger partial charge in [-0.15, -0.1) is 0 Å². The van der Waals surface area contributed by atoms with Gasteiger partial charge in [0.25, 0.3) is 11.8 Å². The average Bonchev–Trinajstić information content (AvgIpc) is 3.13. The topological polar surface area (TPSA) is 88.3 Å². The number of anilines is 1. The first-order chi connectivity index (χ1) is 14.9. The van der Waals surface area contributed by atoms with Crippen LogP contribution in [0.3, 0.4) is 0 Å². The first-order valence-corrected chi connectivity index (χ1v) is 10.2. The van der Waals surface area contributed by atoms with Crippen molar-refractivity contribution in [2.75, 3.05) is 18.4 Å². The van der Waals surface area contributed by atoms with Gasteiger partial charge in [-0.25, -0.2) is 4.39 Å². The molecule has 1 aromatic carbocycles. The van der Waals surface area contributed by atoms with Gasteiger partial charge in [-0.2, -0.15) is 0 Å². The van der Waals surface area contributed by atoms with E-state index >= 15 is 0 Å². The fourth-order valence-electron chi connectivity index (χ4n) is 3.87. The van der Waals surface area contributed by atoms with Crippen molar-refractivity contribution < 1.29 is 18.5 Å². The van der Waals surface area contributed by atoms with Crippen molar-refractivity contribution in [2.45, 2.75) is 32.6 Å². The molecule has 1 aliphatic heterocycles. The second-order valence-electron chi connectivity index (χ2n) is 7.72. The molecule has 31 heavy (non-hydrogen) atoms. The highest BCUT2D eigenvalue weighted by Crippen LogP contribution is 2.28. The number of halogens is 1. The minimum atomic E-state index is -0.363. The molecule has 0 aliphatic carbocycles. The van der Waals surface area contributed by atoms with Crippen LogP contribution in [-0.4, -0.2) is 39.9 Å². The van der Waals surface area contributed by atoms with Gasteiger partial charge >= 0.3 is 0 Å². The summed E-state index contributed by atoms with van der Waals surface area (Å²) in [5.74, 6) is -0.134. The molecular formula is C23H23FN4O3. The summed E-state index contributed by atoms with van der Waals surface area (Å²) in [6.45, 7) is 4.74. The zero-order valence-electron chi connectivity index (χ0n) is 17.4. The van der Waals surface area contributed by atoms with E-state index in [1.54, 1.807) is 19.9 Å². The average molecular weight is 422 g/mol. The first kappa shape index (κ1) is 20.7. The molecule has 160 valence electrons. The van der Waals surface area contributed by atoms with Crippen molar-refractivity contribution in [1.29, 1.82) is 0 Å². The summed E-state index contributed by atoms with van der Waals surface area (Å²) < 4.78 is 18.1. The SMILES string of the molecule is Cc1noc(C)c1C(=O)N1CCC[C@@H](c2ccc(C(=O)Nc3ccc(F)cc3)cn2)C1. The standard InChI is InChI=1S/C23H23FN4O3/c1-14-21(15(2)31-27-14)23(30)28-11-3-4-17(13-28)20-10-5-16(12-25-20)22(29)26-19-8-6-18(24)7-9-19/h5-10,12,17H,3-4,11,13H2,1-2H3,(H,26,29)/t17-/m1/s1. The van der Waals surface area contributed by atoms with Crippen LogP contribution in [0.2, 0.25) is 0 Å². The van der Waals surface area contributed by atoms with E-state index in [4.69, 9.17) is 4.52 Å². The Balaban J connectivity index is 1.43. The molecule has 2 aromatic heterocycles. The van der Waals surface area contributed by atoms with Gasteiger partial charge in [0, 0.05) is 36.6 Å². The number of aryl methyl sites for hydroxylation is 2. The second-order valence-corrected chi connectivity index (χ2v) is 7.72. The molecule has 0 spiro atoms. The van der Waals surface area contributed by atoms with E-state index in [0.717, 1.165) is 18.5 Å². The van der Waals surface area contributed by atoms with Gasteiger partial charge in [0.05, 0.1) is 11.3 Å². The molecule has 0 saturated carbocycles. The van der Waals surface area contributed by atoms with E-state index in [-0.39, 0.29) is 23.5 Å². The maximum atomic E-state index is 13.0.